The zero-order chi connectivity index (χ0) is 6.97. The van der Waals surface area contributed by atoms with E-state index in [1.165, 1.54) is 0 Å². The van der Waals surface area contributed by atoms with Crippen LogP contribution in [0.3, 0.4) is 0 Å². The Balaban J connectivity index is 2.39. The number of allylic oxidation sites excluding steroid dienone is 1. The van der Waals surface area contributed by atoms with Gasteiger partial charge in [0.25, 0.3) is 6.17 Å². The molecule has 0 aromatic carbocycles. The Kier molecular flexibility index (Phi) is 1.17. The third kappa shape index (κ3) is 0.789. The number of hydrogen-bond donors (Lipinski definition) is 0. The molecule has 0 bridgehead atoms. The fourth-order valence-electron chi connectivity index (χ4n) is 0.885. The minimum Gasteiger partial charge on any atom is -0.199 e. The van der Waals surface area contributed by atoms with E-state index in [9.17, 15) is 0 Å². The average Bonchev–Trinajstić information content (AvgIpc) is 2.33. The van der Waals surface area contributed by atoms with Crippen LogP contribution in [0, 0.1) is 0 Å². The van der Waals surface area contributed by atoms with E-state index in [0.29, 0.717) is 5.17 Å². The second kappa shape index (κ2) is 2.02. The van der Waals surface area contributed by atoms with Crippen molar-refractivity contribution in [3.05, 3.63) is 24.6 Å². The van der Waals surface area contributed by atoms with E-state index in [0.717, 1.165) is 0 Å². The van der Waals surface area contributed by atoms with Crippen LogP contribution in [0.15, 0.2) is 34.7 Å². The van der Waals surface area contributed by atoms with Crippen LogP contribution in [0.1, 0.15) is 0 Å². The second-order valence-corrected chi connectivity index (χ2v) is 2.41. The second-order valence-electron chi connectivity index (χ2n) is 2.02. The summed E-state index contributed by atoms with van der Waals surface area (Å²) in [5.41, 5.74) is 0. The van der Waals surface area contributed by atoms with Crippen LogP contribution in [-0.4, -0.2) is 16.0 Å². The number of fused-ring (bicyclic) bond motifs is 1. The molecular weight excluding hydrogens is 150 g/mol. The maximum absolute atomic E-state index is 5.64. The summed E-state index contributed by atoms with van der Waals surface area (Å²) < 4.78 is 1.74. The van der Waals surface area contributed by atoms with Gasteiger partial charge in [-0.25, -0.2) is 0 Å². The van der Waals surface area contributed by atoms with E-state index >= 15 is 0 Å². The van der Waals surface area contributed by atoms with Crippen molar-refractivity contribution in [2.75, 3.05) is 0 Å². The van der Waals surface area contributed by atoms with Crippen LogP contribution in [-0.2, 0) is 0 Å². The Morgan fingerprint density at radius 1 is 1.60 bits per heavy atom. The Hall–Kier alpha value is -0.960. The Morgan fingerprint density at radius 2 is 2.50 bits per heavy atom. The zero-order valence-corrected chi connectivity index (χ0v) is 5.86. The minimum absolute atomic E-state index is 0.00231. The predicted octanol–water partition coefficient (Wildman–Crippen LogP) is 1.47. The lowest BCUT2D eigenvalue weighted by Crippen LogP contribution is -2.16. The molecule has 0 aromatic rings. The molecule has 2 rings (SSSR count). The maximum Gasteiger partial charge on any atom is 0.299 e. The minimum atomic E-state index is -0.00231. The van der Waals surface area contributed by atoms with Gasteiger partial charge >= 0.3 is 0 Å². The molecule has 2 aliphatic rings. The molecule has 2 aliphatic heterocycles. The van der Waals surface area contributed by atoms with Crippen LogP contribution >= 0.6 is 11.6 Å². The molecule has 0 saturated heterocycles. The third-order valence-corrected chi connectivity index (χ3v) is 1.57. The van der Waals surface area contributed by atoms with Crippen molar-refractivity contribution < 1.29 is 4.70 Å². The number of aliphatic imine (C=N–C) groups is 1. The highest BCUT2D eigenvalue weighted by Gasteiger charge is 2.23. The van der Waals surface area contributed by atoms with Gasteiger partial charge in [0, 0.05) is 12.2 Å². The van der Waals surface area contributed by atoms with Gasteiger partial charge < -0.3 is 0 Å². The van der Waals surface area contributed by atoms with Crippen LogP contribution < -0.4 is 0 Å². The predicted molar refractivity (Wildman–Crippen MR) is 38.0 cm³/mol. The normalized spacial score (nSPS) is 27.9. The molecule has 0 aliphatic carbocycles. The van der Waals surface area contributed by atoms with Gasteiger partial charge in [0.2, 0.25) is 6.20 Å². The van der Waals surface area contributed by atoms with E-state index in [4.69, 9.17) is 11.6 Å². The van der Waals surface area contributed by atoms with Crippen LogP contribution in [0.2, 0.25) is 0 Å². The molecule has 0 saturated carbocycles. The lowest BCUT2D eigenvalue weighted by atomic mass is 10.4. The zero-order valence-electron chi connectivity index (χ0n) is 5.11. The highest BCUT2D eigenvalue weighted by Crippen LogP contribution is 2.12. The summed E-state index contributed by atoms with van der Waals surface area (Å²) in [5, 5.41) is 4.52. The Morgan fingerprint density at radius 3 is 3.40 bits per heavy atom. The van der Waals surface area contributed by atoms with Crippen molar-refractivity contribution in [2.24, 2.45) is 10.1 Å². The van der Waals surface area contributed by atoms with E-state index < -0.39 is 0 Å². The van der Waals surface area contributed by atoms with Crippen molar-refractivity contribution in [3.8, 4) is 0 Å². The summed E-state index contributed by atoms with van der Waals surface area (Å²) in [6.45, 7) is 0. The van der Waals surface area contributed by atoms with Gasteiger partial charge in [-0.15, -0.1) is 0 Å². The molecule has 2 heterocycles. The van der Waals surface area contributed by atoms with Crippen molar-refractivity contribution in [2.45, 2.75) is 6.17 Å². The van der Waals surface area contributed by atoms with E-state index in [1.807, 2.05) is 6.08 Å². The molecule has 0 amide bonds. The first kappa shape index (κ1) is 5.80. The molecule has 1 unspecified atom stereocenters. The molecule has 0 fully saturated rings. The van der Waals surface area contributed by atoms with Crippen LogP contribution in [0.4, 0.5) is 0 Å². The lowest BCUT2D eigenvalue weighted by molar-refractivity contribution is -0.544. The first-order chi connectivity index (χ1) is 4.86. The van der Waals surface area contributed by atoms with Crippen LogP contribution in [0.25, 0.3) is 0 Å². The van der Waals surface area contributed by atoms with Crippen LogP contribution in [0.5, 0.6) is 0 Å². The van der Waals surface area contributed by atoms with E-state index in [2.05, 4.69) is 10.1 Å². The fraction of sp³-hybridized carbons (Fsp3) is 0.167. The number of hydrogen-bond acceptors (Lipinski definition) is 2. The topological polar surface area (TPSA) is 27.7 Å². The van der Waals surface area contributed by atoms with Gasteiger partial charge in [-0.3, -0.25) is 0 Å². The molecule has 0 radical (unpaired) electrons. The van der Waals surface area contributed by atoms with Gasteiger partial charge in [-0.2, -0.15) is 4.99 Å². The summed E-state index contributed by atoms with van der Waals surface area (Å²) in [4.78, 5) is 4.08. The summed E-state index contributed by atoms with van der Waals surface area (Å²) in [5.74, 6) is 0. The molecule has 0 N–H and O–H groups in total. The highest BCUT2D eigenvalue weighted by atomic mass is 35.5. The number of nitrogens with zero attached hydrogens (tertiary/aromatic N) is 3. The Bertz CT molecular complexity index is 275. The average molecular weight is 155 g/mol. The largest absolute Gasteiger partial charge is 0.299 e. The standard InChI is InChI=1S/C6H5ClN3/c7-5-2-4-10-6(9-5)1-3-8-10/h1-4,6H/q+1. The maximum atomic E-state index is 5.64. The van der Waals surface area contributed by atoms with Crippen molar-refractivity contribution >= 4 is 16.8 Å². The highest BCUT2D eigenvalue weighted by molar-refractivity contribution is 6.68. The van der Waals surface area contributed by atoms with Gasteiger partial charge in [-0.1, -0.05) is 16.3 Å². The first-order valence-corrected chi connectivity index (χ1v) is 3.31. The summed E-state index contributed by atoms with van der Waals surface area (Å²) >= 11 is 5.64. The lowest BCUT2D eigenvalue weighted by Gasteiger charge is -2.00. The quantitative estimate of drug-likeness (QED) is 0.473. The number of halogens is 1. The molecular formula is C6H5ClN3+. The van der Waals surface area contributed by atoms with E-state index in [-0.39, 0.29) is 6.17 Å². The Labute approximate surface area is 63.0 Å². The fourth-order valence-corrected chi connectivity index (χ4v) is 1.04. The number of azo groups is 2. The first-order valence-electron chi connectivity index (χ1n) is 2.93. The smallest absolute Gasteiger partial charge is 0.199 e. The molecule has 4 heteroatoms. The molecule has 0 spiro atoms. The summed E-state index contributed by atoms with van der Waals surface area (Å²) in [6.07, 6.45) is 7.12. The molecule has 50 valence electrons. The van der Waals surface area contributed by atoms with Gasteiger partial charge in [-0.05, 0) is 5.11 Å². The SMILES string of the molecule is ClC1=NC2C=CN=[N+]2C=C1. The number of rotatable bonds is 0. The van der Waals surface area contributed by atoms with E-state index in [1.54, 1.807) is 23.2 Å². The van der Waals surface area contributed by atoms with Gasteiger partial charge in [0.1, 0.15) is 5.17 Å². The molecule has 10 heavy (non-hydrogen) atoms. The molecule has 1 atom stereocenters. The monoisotopic (exact) mass is 154 g/mol. The van der Waals surface area contributed by atoms with Crippen molar-refractivity contribution in [1.29, 1.82) is 0 Å². The van der Waals surface area contributed by atoms with Crippen molar-refractivity contribution in [1.82, 2.24) is 0 Å². The van der Waals surface area contributed by atoms with Gasteiger partial charge in [0.15, 0.2) is 0 Å². The summed E-state index contributed by atoms with van der Waals surface area (Å²) in [7, 11) is 0. The molecule has 0 aromatic heterocycles. The van der Waals surface area contributed by atoms with Crippen molar-refractivity contribution in [3.63, 3.8) is 0 Å². The third-order valence-electron chi connectivity index (χ3n) is 1.35. The summed E-state index contributed by atoms with van der Waals surface area (Å²) in [6, 6.07) is 0. The van der Waals surface area contributed by atoms with Gasteiger partial charge in [0.05, 0.1) is 6.20 Å². The molecule has 3 nitrogen and oxygen atoms in total.